The lowest BCUT2D eigenvalue weighted by Gasteiger charge is -2.13. The molecule has 0 atom stereocenters. The predicted molar refractivity (Wildman–Crippen MR) is 79.7 cm³/mol. The number of nitrogens with two attached hydrogens (primary N) is 1. The number of hydrogen-bond donors (Lipinski definition) is 2. The Balaban J connectivity index is 2.98. The second-order valence-electron chi connectivity index (χ2n) is 4.92. The number of halogens is 6. The van der Waals surface area contributed by atoms with Crippen molar-refractivity contribution in [3.63, 3.8) is 0 Å². The zero-order chi connectivity index (χ0) is 18.7. The molecular weight excluding hydrogens is 358 g/mol. The number of aryl methyl sites for hydroxylation is 2. The second kappa shape index (κ2) is 7.37. The van der Waals surface area contributed by atoms with Gasteiger partial charge in [0.25, 0.3) is 0 Å². The van der Waals surface area contributed by atoms with Gasteiger partial charge in [-0.25, -0.2) is 0 Å². The van der Waals surface area contributed by atoms with Gasteiger partial charge in [0.1, 0.15) is 5.70 Å². The Hall–Kier alpha value is -1.84. The number of carbonyl (C=O) groups is 1. The highest BCUT2D eigenvalue weighted by molar-refractivity contribution is 7.99. The van der Waals surface area contributed by atoms with Crippen LogP contribution < -0.4 is 11.1 Å². The van der Waals surface area contributed by atoms with Crippen LogP contribution in [0.3, 0.4) is 0 Å². The van der Waals surface area contributed by atoms with Crippen LogP contribution in [-0.4, -0.2) is 24.0 Å². The number of nitrogens with one attached hydrogen (secondary N) is 1. The SMILES string of the molecule is Cc1cc(C)c(SCC(F)(F)F)cc1NC(=O)/C=C(\N)C(F)(F)F. The molecule has 0 spiro atoms. The van der Waals surface area contributed by atoms with Crippen LogP contribution in [0.2, 0.25) is 0 Å². The molecule has 0 heterocycles. The maximum absolute atomic E-state index is 12.3. The number of hydrogen-bond acceptors (Lipinski definition) is 3. The standard InChI is InChI=1S/C14H14F6N2OS/c1-7-3-8(2)10(24-6-13(15,16)17)4-9(7)22-12(23)5-11(21)14(18,19)20/h3-5H,6,21H2,1-2H3,(H,22,23)/b11-5-. The first kappa shape index (κ1) is 20.2. The van der Waals surface area contributed by atoms with Crippen LogP contribution in [0.15, 0.2) is 28.8 Å². The molecule has 0 aliphatic heterocycles. The first-order valence-electron chi connectivity index (χ1n) is 6.46. The zero-order valence-corrected chi connectivity index (χ0v) is 13.4. The number of rotatable bonds is 4. The van der Waals surface area contributed by atoms with E-state index < -0.39 is 29.7 Å². The minimum atomic E-state index is -4.84. The van der Waals surface area contributed by atoms with Gasteiger partial charge >= 0.3 is 12.4 Å². The van der Waals surface area contributed by atoms with E-state index in [1.807, 2.05) is 0 Å². The number of allylic oxidation sites excluding steroid dienone is 1. The van der Waals surface area contributed by atoms with Gasteiger partial charge in [0.15, 0.2) is 0 Å². The van der Waals surface area contributed by atoms with E-state index in [4.69, 9.17) is 5.73 Å². The average Bonchev–Trinajstić information content (AvgIpc) is 2.38. The topological polar surface area (TPSA) is 55.1 Å². The van der Waals surface area contributed by atoms with Crippen LogP contribution in [0.25, 0.3) is 0 Å². The summed E-state index contributed by atoms with van der Waals surface area (Å²) in [7, 11) is 0. The molecule has 0 saturated carbocycles. The van der Waals surface area contributed by atoms with E-state index in [0.717, 1.165) is 0 Å². The van der Waals surface area contributed by atoms with Gasteiger partial charge in [-0.15, -0.1) is 11.8 Å². The van der Waals surface area contributed by atoms with Crippen LogP contribution in [-0.2, 0) is 4.79 Å². The molecule has 3 N–H and O–H groups in total. The minimum Gasteiger partial charge on any atom is -0.395 e. The minimum absolute atomic E-state index is 0.112. The van der Waals surface area contributed by atoms with Crippen LogP contribution in [0.1, 0.15) is 11.1 Å². The Bertz CT molecular complexity index is 652. The molecule has 134 valence electrons. The van der Waals surface area contributed by atoms with Crippen molar-refractivity contribution in [3.8, 4) is 0 Å². The average molecular weight is 372 g/mol. The zero-order valence-electron chi connectivity index (χ0n) is 12.6. The molecule has 0 saturated heterocycles. The summed E-state index contributed by atoms with van der Waals surface area (Å²) in [6.45, 7) is 3.16. The number of anilines is 1. The summed E-state index contributed by atoms with van der Waals surface area (Å²) in [5.74, 6) is -2.24. The van der Waals surface area contributed by atoms with Crippen molar-refractivity contribution in [1.82, 2.24) is 0 Å². The largest absolute Gasteiger partial charge is 0.430 e. The molecule has 1 aromatic rings. The summed E-state index contributed by atoms with van der Waals surface area (Å²) in [6, 6.07) is 2.82. The lowest BCUT2D eigenvalue weighted by atomic mass is 10.1. The fraction of sp³-hybridized carbons (Fsp3) is 0.357. The van der Waals surface area contributed by atoms with E-state index in [-0.39, 0.29) is 16.7 Å². The Kier molecular flexibility index (Phi) is 6.20. The van der Waals surface area contributed by atoms with Gasteiger partial charge in [-0.3, -0.25) is 4.79 Å². The number of carbonyl (C=O) groups excluding carboxylic acids is 1. The number of benzene rings is 1. The highest BCUT2D eigenvalue weighted by Gasteiger charge is 2.32. The van der Waals surface area contributed by atoms with Crippen molar-refractivity contribution in [1.29, 1.82) is 0 Å². The quantitative estimate of drug-likeness (QED) is 0.471. The highest BCUT2D eigenvalue weighted by Crippen LogP contribution is 2.32. The van der Waals surface area contributed by atoms with Gasteiger partial charge in [-0.2, -0.15) is 26.3 Å². The van der Waals surface area contributed by atoms with E-state index in [1.54, 1.807) is 13.8 Å². The summed E-state index contributed by atoms with van der Waals surface area (Å²) in [4.78, 5) is 11.8. The molecule has 1 rings (SSSR count). The monoisotopic (exact) mass is 372 g/mol. The van der Waals surface area contributed by atoms with Gasteiger partial charge in [0.2, 0.25) is 5.91 Å². The second-order valence-corrected chi connectivity index (χ2v) is 5.94. The lowest BCUT2D eigenvalue weighted by molar-refractivity contribution is -0.113. The van der Waals surface area contributed by atoms with Crippen molar-refractivity contribution in [3.05, 3.63) is 35.0 Å². The molecule has 0 aromatic heterocycles. The molecule has 0 aliphatic rings. The molecule has 0 aliphatic carbocycles. The fourth-order valence-corrected chi connectivity index (χ4v) is 2.48. The molecular formula is C14H14F6N2OS. The normalized spacial score (nSPS) is 13.1. The van der Waals surface area contributed by atoms with E-state index >= 15 is 0 Å². The molecule has 0 bridgehead atoms. The van der Waals surface area contributed by atoms with E-state index in [1.165, 1.54) is 12.1 Å². The third kappa shape index (κ3) is 6.34. The lowest BCUT2D eigenvalue weighted by Crippen LogP contribution is -2.22. The Labute approximate surface area is 138 Å². The maximum atomic E-state index is 12.3. The van der Waals surface area contributed by atoms with Crippen LogP contribution in [0.4, 0.5) is 32.0 Å². The van der Waals surface area contributed by atoms with Gasteiger partial charge in [0.05, 0.1) is 5.75 Å². The van der Waals surface area contributed by atoms with Crippen LogP contribution in [0.5, 0.6) is 0 Å². The van der Waals surface area contributed by atoms with Crippen molar-refractivity contribution in [2.75, 3.05) is 11.1 Å². The molecule has 10 heteroatoms. The Morgan fingerprint density at radius 3 is 2.25 bits per heavy atom. The third-order valence-corrected chi connectivity index (χ3v) is 4.01. The maximum Gasteiger partial charge on any atom is 0.430 e. The van der Waals surface area contributed by atoms with Gasteiger partial charge < -0.3 is 11.1 Å². The van der Waals surface area contributed by atoms with Crippen molar-refractivity contribution in [2.45, 2.75) is 31.1 Å². The number of amides is 1. The first-order valence-corrected chi connectivity index (χ1v) is 7.44. The molecule has 0 radical (unpaired) electrons. The first-order chi connectivity index (χ1) is 10.8. The Morgan fingerprint density at radius 2 is 1.75 bits per heavy atom. The van der Waals surface area contributed by atoms with Crippen molar-refractivity contribution >= 4 is 23.4 Å². The van der Waals surface area contributed by atoms with Crippen molar-refractivity contribution < 1.29 is 31.1 Å². The summed E-state index contributed by atoms with van der Waals surface area (Å²) < 4.78 is 73.7. The fourth-order valence-electron chi connectivity index (χ4n) is 1.67. The van der Waals surface area contributed by atoms with Gasteiger partial charge in [-0.1, -0.05) is 6.07 Å². The molecule has 0 fully saturated rings. The molecule has 1 aromatic carbocycles. The molecule has 3 nitrogen and oxygen atoms in total. The molecule has 24 heavy (non-hydrogen) atoms. The highest BCUT2D eigenvalue weighted by atomic mass is 32.2. The number of thioether (sulfide) groups is 1. The van der Waals surface area contributed by atoms with Crippen molar-refractivity contribution in [2.24, 2.45) is 5.73 Å². The third-order valence-electron chi connectivity index (χ3n) is 2.79. The number of alkyl halides is 6. The van der Waals surface area contributed by atoms with E-state index in [9.17, 15) is 31.1 Å². The molecule has 0 unspecified atom stereocenters. The smallest absolute Gasteiger partial charge is 0.395 e. The summed E-state index contributed by atoms with van der Waals surface area (Å²) in [6.07, 6.45) is -9.02. The van der Waals surface area contributed by atoms with E-state index in [2.05, 4.69) is 5.32 Å². The Morgan fingerprint density at radius 1 is 1.17 bits per heavy atom. The predicted octanol–water partition coefficient (Wildman–Crippen LogP) is 4.30. The van der Waals surface area contributed by atoms with Gasteiger partial charge in [0, 0.05) is 16.7 Å². The summed E-state index contributed by atoms with van der Waals surface area (Å²) in [5.41, 5.74) is 4.34. The van der Waals surface area contributed by atoms with Crippen LogP contribution in [0, 0.1) is 13.8 Å². The van der Waals surface area contributed by atoms with E-state index in [0.29, 0.717) is 22.9 Å². The molecule has 1 amide bonds. The van der Waals surface area contributed by atoms with Gasteiger partial charge in [-0.05, 0) is 31.0 Å². The summed E-state index contributed by atoms with van der Waals surface area (Å²) >= 11 is 0.526. The van der Waals surface area contributed by atoms with Crippen LogP contribution >= 0.6 is 11.8 Å². The summed E-state index contributed by atoms with van der Waals surface area (Å²) in [5, 5.41) is 2.19.